The van der Waals surface area contributed by atoms with Crippen LogP contribution in [0.5, 0.6) is 0 Å². The molecule has 120 valence electrons. The van der Waals surface area contributed by atoms with Gasteiger partial charge in [-0.05, 0) is 12.8 Å². The van der Waals surface area contributed by atoms with Crippen LogP contribution < -0.4 is 0 Å². The van der Waals surface area contributed by atoms with Gasteiger partial charge in [0.2, 0.25) is 11.8 Å². The summed E-state index contributed by atoms with van der Waals surface area (Å²) in [5, 5.41) is 9.78. The Hall–Kier alpha value is -1.73. The molecular weight excluding hydrogens is 288 g/mol. The van der Waals surface area contributed by atoms with E-state index in [2.05, 4.69) is 0 Å². The van der Waals surface area contributed by atoms with Crippen LogP contribution in [0.1, 0.15) is 19.3 Å². The van der Waals surface area contributed by atoms with E-state index in [-0.39, 0.29) is 43.3 Å². The van der Waals surface area contributed by atoms with Crippen molar-refractivity contribution in [1.29, 1.82) is 0 Å². The number of fused-ring (bicyclic) bond motifs is 1. The molecule has 4 atom stereocenters. The zero-order valence-corrected chi connectivity index (χ0v) is 12.5. The number of methoxy groups -OCH3 is 1. The number of hydrogen-bond acceptors (Lipinski definition) is 6. The number of carbonyl (C=O) groups is 3. The van der Waals surface area contributed by atoms with E-state index in [1.54, 1.807) is 4.90 Å². The molecule has 22 heavy (non-hydrogen) atoms. The number of aliphatic hydroxyl groups is 1. The van der Waals surface area contributed by atoms with Crippen molar-refractivity contribution < 1.29 is 24.2 Å². The number of esters is 1. The number of hydrogen-bond donors (Lipinski definition) is 1. The largest absolute Gasteiger partial charge is 0.468 e. The Labute approximate surface area is 128 Å². The zero-order chi connectivity index (χ0) is 15.9. The van der Waals surface area contributed by atoms with Crippen LogP contribution in [0, 0.1) is 11.8 Å². The van der Waals surface area contributed by atoms with Gasteiger partial charge in [-0.3, -0.25) is 24.2 Å². The summed E-state index contributed by atoms with van der Waals surface area (Å²) in [7, 11) is 1.29. The van der Waals surface area contributed by atoms with Crippen molar-refractivity contribution in [2.45, 2.75) is 31.4 Å². The molecule has 0 bridgehead atoms. The molecule has 7 nitrogen and oxygen atoms in total. The van der Waals surface area contributed by atoms with E-state index in [9.17, 15) is 19.5 Å². The van der Waals surface area contributed by atoms with Gasteiger partial charge in [-0.1, -0.05) is 12.2 Å². The average molecular weight is 308 g/mol. The molecule has 0 aromatic carbocycles. The Morgan fingerprint density at radius 3 is 2.41 bits per heavy atom. The molecule has 0 radical (unpaired) electrons. The number of likely N-dealkylation sites (tertiary alicyclic amines) is 2. The van der Waals surface area contributed by atoms with Gasteiger partial charge in [-0.25, -0.2) is 0 Å². The molecule has 0 spiro atoms. The highest BCUT2D eigenvalue weighted by molar-refractivity contribution is 6.05. The molecule has 7 heteroatoms. The molecule has 3 rings (SSSR count). The van der Waals surface area contributed by atoms with Crippen LogP contribution in [0.2, 0.25) is 0 Å². The van der Waals surface area contributed by atoms with Gasteiger partial charge in [0.05, 0.1) is 31.7 Å². The second-order valence-corrected chi connectivity index (χ2v) is 6.10. The summed E-state index contributed by atoms with van der Waals surface area (Å²) in [6.07, 6.45) is 4.67. The Morgan fingerprint density at radius 1 is 1.27 bits per heavy atom. The summed E-state index contributed by atoms with van der Waals surface area (Å²) in [5.74, 6) is -1.35. The van der Waals surface area contributed by atoms with Gasteiger partial charge in [0.15, 0.2) is 0 Å². The van der Waals surface area contributed by atoms with Crippen molar-refractivity contribution in [2.24, 2.45) is 11.8 Å². The minimum atomic E-state index is -0.652. The number of nitrogens with zero attached hydrogens (tertiary/aromatic N) is 2. The van der Waals surface area contributed by atoms with Gasteiger partial charge in [0.1, 0.15) is 6.04 Å². The monoisotopic (exact) mass is 308 g/mol. The van der Waals surface area contributed by atoms with Crippen molar-refractivity contribution >= 4 is 17.8 Å². The lowest BCUT2D eigenvalue weighted by molar-refractivity contribution is -0.150. The van der Waals surface area contributed by atoms with Crippen LogP contribution in [0.4, 0.5) is 0 Å². The molecule has 0 aromatic heterocycles. The van der Waals surface area contributed by atoms with Crippen LogP contribution in [0.25, 0.3) is 0 Å². The van der Waals surface area contributed by atoms with Gasteiger partial charge in [-0.15, -0.1) is 0 Å². The van der Waals surface area contributed by atoms with Crippen LogP contribution in [-0.4, -0.2) is 65.2 Å². The minimum Gasteiger partial charge on any atom is -0.468 e. The molecule has 2 saturated heterocycles. The lowest BCUT2D eigenvalue weighted by Crippen LogP contribution is -2.46. The Kier molecular flexibility index (Phi) is 4.01. The number of β-amino-alcohol motifs (C(OH)–C–C–N with tert-alkyl or cyclic N) is 1. The SMILES string of the molecule is COC(=O)[C@@H]1C[C@H](O)CN1CN1C(=O)[C@H]2CC=CC[C@H]2C1=O. The second-order valence-electron chi connectivity index (χ2n) is 6.10. The molecule has 2 fully saturated rings. The van der Waals surface area contributed by atoms with Gasteiger partial charge in [-0.2, -0.15) is 0 Å². The molecule has 0 unspecified atom stereocenters. The Morgan fingerprint density at radius 2 is 1.86 bits per heavy atom. The fourth-order valence-electron chi connectivity index (χ4n) is 3.61. The summed E-state index contributed by atoms with van der Waals surface area (Å²) in [6, 6.07) is -0.610. The lowest BCUT2D eigenvalue weighted by Gasteiger charge is -2.26. The summed E-state index contributed by atoms with van der Waals surface area (Å²) in [4.78, 5) is 39.5. The van der Waals surface area contributed by atoms with Gasteiger partial charge < -0.3 is 9.84 Å². The molecule has 1 N–H and O–H groups in total. The van der Waals surface area contributed by atoms with Crippen LogP contribution in [-0.2, 0) is 19.1 Å². The van der Waals surface area contributed by atoms with E-state index in [0.29, 0.717) is 12.8 Å². The zero-order valence-electron chi connectivity index (χ0n) is 12.5. The van der Waals surface area contributed by atoms with Crippen molar-refractivity contribution in [2.75, 3.05) is 20.3 Å². The highest BCUT2D eigenvalue weighted by Crippen LogP contribution is 2.35. The molecule has 2 amide bonds. The van der Waals surface area contributed by atoms with Gasteiger partial charge in [0, 0.05) is 13.0 Å². The fourth-order valence-corrected chi connectivity index (χ4v) is 3.61. The fraction of sp³-hybridized carbons (Fsp3) is 0.667. The molecule has 1 aliphatic carbocycles. The number of imide groups is 1. The van der Waals surface area contributed by atoms with Crippen LogP contribution in [0.3, 0.4) is 0 Å². The van der Waals surface area contributed by atoms with Gasteiger partial charge >= 0.3 is 5.97 Å². The predicted molar refractivity (Wildman–Crippen MR) is 75.2 cm³/mol. The summed E-state index contributed by atoms with van der Waals surface area (Å²) < 4.78 is 4.74. The third kappa shape index (κ3) is 2.44. The number of allylic oxidation sites excluding steroid dienone is 2. The molecule has 2 aliphatic heterocycles. The number of carbonyl (C=O) groups excluding carboxylic acids is 3. The van der Waals surface area contributed by atoms with Gasteiger partial charge in [0.25, 0.3) is 0 Å². The average Bonchev–Trinajstić information content (AvgIpc) is 3.01. The Bertz CT molecular complexity index is 506. The van der Waals surface area contributed by atoms with Crippen LogP contribution >= 0.6 is 0 Å². The third-order valence-corrected chi connectivity index (χ3v) is 4.78. The van der Waals surface area contributed by atoms with Crippen molar-refractivity contribution in [3.8, 4) is 0 Å². The first-order valence-electron chi connectivity index (χ1n) is 7.53. The molecule has 2 heterocycles. The number of amides is 2. The topological polar surface area (TPSA) is 87.2 Å². The second kappa shape index (κ2) is 5.81. The lowest BCUT2D eigenvalue weighted by atomic mass is 9.85. The van der Waals surface area contributed by atoms with Crippen LogP contribution in [0.15, 0.2) is 12.2 Å². The highest BCUT2D eigenvalue weighted by Gasteiger charge is 2.49. The van der Waals surface area contributed by atoms with E-state index in [1.165, 1.54) is 12.0 Å². The molecular formula is C15H20N2O5. The summed E-state index contributed by atoms with van der Waals surface area (Å²) in [6.45, 7) is 0.298. The maximum atomic E-state index is 12.4. The standard InChI is InChI=1S/C15H20N2O5/c1-22-15(21)12-6-9(18)7-16(12)8-17-13(19)10-4-2-3-5-11(10)14(17)20/h2-3,9-12,18H,4-8H2,1H3/t9-,10-,11+,12-/m0/s1. The van der Waals surface area contributed by atoms with E-state index in [1.807, 2.05) is 12.2 Å². The molecule has 0 aromatic rings. The van der Waals surface area contributed by atoms with Crippen molar-refractivity contribution in [3.63, 3.8) is 0 Å². The molecule has 3 aliphatic rings. The third-order valence-electron chi connectivity index (χ3n) is 4.78. The first-order chi connectivity index (χ1) is 10.5. The van der Waals surface area contributed by atoms with Crippen molar-refractivity contribution in [1.82, 2.24) is 9.80 Å². The van der Waals surface area contributed by atoms with E-state index in [4.69, 9.17) is 4.74 Å². The maximum absolute atomic E-state index is 12.4. The van der Waals surface area contributed by atoms with E-state index < -0.39 is 18.1 Å². The summed E-state index contributed by atoms with van der Waals surface area (Å²) in [5.41, 5.74) is 0. The number of ether oxygens (including phenoxy) is 1. The van der Waals surface area contributed by atoms with E-state index >= 15 is 0 Å². The quantitative estimate of drug-likeness (QED) is 0.430. The number of rotatable bonds is 3. The normalized spacial score (nSPS) is 35.1. The van der Waals surface area contributed by atoms with Crippen molar-refractivity contribution in [3.05, 3.63) is 12.2 Å². The first-order valence-corrected chi connectivity index (χ1v) is 7.53. The smallest absolute Gasteiger partial charge is 0.323 e. The highest BCUT2D eigenvalue weighted by atomic mass is 16.5. The predicted octanol–water partition coefficient (Wildman–Crippen LogP) is -0.497. The maximum Gasteiger partial charge on any atom is 0.323 e. The minimum absolute atomic E-state index is 0.0431. The summed E-state index contributed by atoms with van der Waals surface area (Å²) >= 11 is 0. The first kappa shape index (κ1) is 15.2. The number of aliphatic hydroxyl groups excluding tert-OH is 1. The van der Waals surface area contributed by atoms with E-state index in [0.717, 1.165) is 0 Å². The molecule has 0 saturated carbocycles. The Balaban J connectivity index is 1.74.